The van der Waals surface area contributed by atoms with Gasteiger partial charge >= 0.3 is 0 Å². The molecular formula is C18H18Cl2N2O3S. The first kappa shape index (κ1) is 19.2. The Hall–Kier alpha value is -1.60. The normalized spacial score (nSPS) is 14.7. The molecule has 0 aromatic heterocycles. The first-order valence-electron chi connectivity index (χ1n) is 8.04. The molecule has 1 N–H and O–H groups in total. The lowest BCUT2D eigenvalue weighted by Crippen LogP contribution is -2.35. The number of nitrogens with zero attached hydrogens (tertiary/aromatic N) is 1. The SMILES string of the molecule is CS(=O)(=O)N1CCc2c(cccc2NC(=O)Cc2c(Cl)cccc2Cl)C1. The molecule has 0 unspecified atom stereocenters. The summed E-state index contributed by atoms with van der Waals surface area (Å²) >= 11 is 12.2. The number of hydrogen-bond donors (Lipinski definition) is 1. The van der Waals surface area contributed by atoms with Gasteiger partial charge in [-0.2, -0.15) is 4.31 Å². The molecule has 2 aromatic carbocycles. The average Bonchev–Trinajstić information content (AvgIpc) is 2.57. The van der Waals surface area contributed by atoms with Gasteiger partial charge in [0.1, 0.15) is 0 Å². The summed E-state index contributed by atoms with van der Waals surface area (Å²) < 4.78 is 24.9. The van der Waals surface area contributed by atoms with Crippen LogP contribution in [-0.4, -0.2) is 31.4 Å². The fourth-order valence-corrected chi connectivity index (χ4v) is 4.37. The molecule has 0 saturated heterocycles. The molecule has 1 aliphatic rings. The molecule has 0 aliphatic carbocycles. The second-order valence-corrected chi connectivity index (χ2v) is 9.01. The molecule has 5 nitrogen and oxygen atoms in total. The lowest BCUT2D eigenvalue weighted by molar-refractivity contribution is -0.115. The Kier molecular flexibility index (Phi) is 5.58. The zero-order valence-corrected chi connectivity index (χ0v) is 16.5. The number of nitrogens with one attached hydrogen (secondary N) is 1. The predicted octanol–water partition coefficient (Wildman–Crippen LogP) is 3.49. The van der Waals surface area contributed by atoms with Crippen LogP contribution < -0.4 is 5.32 Å². The zero-order chi connectivity index (χ0) is 18.9. The van der Waals surface area contributed by atoms with Crippen LogP contribution in [0.2, 0.25) is 10.0 Å². The van der Waals surface area contributed by atoms with E-state index in [0.717, 1.165) is 11.1 Å². The van der Waals surface area contributed by atoms with Crippen molar-refractivity contribution in [1.82, 2.24) is 4.31 Å². The Bertz CT molecular complexity index is 941. The van der Waals surface area contributed by atoms with Crippen molar-refractivity contribution < 1.29 is 13.2 Å². The highest BCUT2D eigenvalue weighted by molar-refractivity contribution is 7.88. The molecule has 0 fully saturated rings. The number of amides is 1. The number of carbonyl (C=O) groups is 1. The molecule has 0 bridgehead atoms. The van der Waals surface area contributed by atoms with Gasteiger partial charge in [-0.3, -0.25) is 4.79 Å². The van der Waals surface area contributed by atoms with Gasteiger partial charge in [0, 0.05) is 28.8 Å². The van der Waals surface area contributed by atoms with E-state index in [1.165, 1.54) is 10.6 Å². The van der Waals surface area contributed by atoms with Crippen LogP contribution in [0, 0.1) is 0 Å². The summed E-state index contributed by atoms with van der Waals surface area (Å²) in [5.74, 6) is -0.223. The van der Waals surface area contributed by atoms with E-state index in [0.29, 0.717) is 40.8 Å². The van der Waals surface area contributed by atoms with Crippen molar-refractivity contribution >= 4 is 44.8 Å². The fraction of sp³-hybridized carbons (Fsp3) is 0.278. The minimum absolute atomic E-state index is 0.0671. The molecule has 1 amide bonds. The van der Waals surface area contributed by atoms with E-state index in [1.54, 1.807) is 18.2 Å². The van der Waals surface area contributed by atoms with E-state index in [-0.39, 0.29) is 12.3 Å². The highest BCUT2D eigenvalue weighted by atomic mass is 35.5. The highest BCUT2D eigenvalue weighted by Crippen LogP contribution is 2.28. The van der Waals surface area contributed by atoms with E-state index in [2.05, 4.69) is 5.32 Å². The largest absolute Gasteiger partial charge is 0.326 e. The van der Waals surface area contributed by atoms with E-state index in [1.807, 2.05) is 18.2 Å². The van der Waals surface area contributed by atoms with E-state index in [9.17, 15) is 13.2 Å². The lowest BCUT2D eigenvalue weighted by atomic mass is 9.99. The number of sulfonamides is 1. The second-order valence-electron chi connectivity index (χ2n) is 6.21. The molecule has 2 aromatic rings. The van der Waals surface area contributed by atoms with Crippen molar-refractivity contribution in [2.45, 2.75) is 19.4 Å². The van der Waals surface area contributed by atoms with E-state index in [4.69, 9.17) is 23.2 Å². The number of benzene rings is 2. The topological polar surface area (TPSA) is 66.5 Å². The third kappa shape index (κ3) is 4.20. The molecule has 1 heterocycles. The summed E-state index contributed by atoms with van der Waals surface area (Å²) in [4.78, 5) is 12.5. The summed E-state index contributed by atoms with van der Waals surface area (Å²) in [7, 11) is -3.24. The molecular weight excluding hydrogens is 395 g/mol. The second kappa shape index (κ2) is 7.56. The number of fused-ring (bicyclic) bond motifs is 1. The van der Waals surface area contributed by atoms with Crippen LogP contribution in [-0.2, 0) is 34.2 Å². The highest BCUT2D eigenvalue weighted by Gasteiger charge is 2.25. The minimum Gasteiger partial charge on any atom is -0.326 e. The maximum absolute atomic E-state index is 12.5. The van der Waals surface area contributed by atoms with Crippen LogP contribution in [0.4, 0.5) is 5.69 Å². The molecule has 26 heavy (non-hydrogen) atoms. The van der Waals surface area contributed by atoms with Crippen LogP contribution in [0.3, 0.4) is 0 Å². The third-order valence-electron chi connectivity index (χ3n) is 4.37. The number of rotatable bonds is 4. The van der Waals surface area contributed by atoms with Crippen molar-refractivity contribution in [1.29, 1.82) is 0 Å². The standard InChI is InChI=1S/C18H18Cl2N2O3S/c1-26(24,25)22-9-8-13-12(11-22)4-2-7-17(13)21-18(23)10-14-15(19)5-3-6-16(14)20/h2-7H,8-11H2,1H3,(H,21,23). The Morgan fingerprint density at radius 2 is 1.81 bits per heavy atom. The van der Waals surface area contributed by atoms with Gasteiger partial charge in [0.25, 0.3) is 0 Å². The molecule has 0 saturated carbocycles. The average molecular weight is 413 g/mol. The van der Waals surface area contributed by atoms with Crippen molar-refractivity contribution in [2.24, 2.45) is 0 Å². The van der Waals surface area contributed by atoms with Crippen molar-refractivity contribution in [3.8, 4) is 0 Å². The van der Waals surface area contributed by atoms with Crippen molar-refractivity contribution in [2.75, 3.05) is 18.1 Å². The van der Waals surface area contributed by atoms with Crippen LogP contribution in [0.15, 0.2) is 36.4 Å². The van der Waals surface area contributed by atoms with Gasteiger partial charge in [0.2, 0.25) is 15.9 Å². The summed E-state index contributed by atoms with van der Waals surface area (Å²) in [6, 6.07) is 10.6. The summed E-state index contributed by atoms with van der Waals surface area (Å²) in [6.45, 7) is 0.712. The number of carbonyl (C=O) groups excluding carboxylic acids is 1. The van der Waals surface area contributed by atoms with Gasteiger partial charge in [0.05, 0.1) is 12.7 Å². The Morgan fingerprint density at radius 1 is 1.15 bits per heavy atom. The van der Waals surface area contributed by atoms with Crippen molar-refractivity contribution in [3.05, 3.63) is 63.1 Å². The van der Waals surface area contributed by atoms with Gasteiger partial charge in [-0.1, -0.05) is 41.4 Å². The van der Waals surface area contributed by atoms with Crippen LogP contribution in [0.5, 0.6) is 0 Å². The number of anilines is 1. The van der Waals surface area contributed by atoms with Crippen LogP contribution in [0.1, 0.15) is 16.7 Å². The van der Waals surface area contributed by atoms with Gasteiger partial charge in [-0.25, -0.2) is 8.42 Å². The van der Waals surface area contributed by atoms with Gasteiger partial charge in [-0.15, -0.1) is 0 Å². The Balaban J connectivity index is 1.79. The molecule has 0 atom stereocenters. The van der Waals surface area contributed by atoms with Crippen molar-refractivity contribution in [3.63, 3.8) is 0 Å². The van der Waals surface area contributed by atoms with Gasteiger partial charge in [-0.05, 0) is 41.3 Å². The number of halogens is 2. The molecule has 0 radical (unpaired) electrons. The van der Waals surface area contributed by atoms with E-state index < -0.39 is 10.0 Å². The first-order chi connectivity index (χ1) is 12.3. The molecule has 138 valence electrons. The summed E-state index contributed by atoms with van der Waals surface area (Å²) in [5, 5.41) is 3.80. The number of hydrogen-bond acceptors (Lipinski definition) is 3. The minimum atomic E-state index is -3.24. The zero-order valence-electron chi connectivity index (χ0n) is 14.1. The molecule has 1 aliphatic heterocycles. The summed E-state index contributed by atoms with van der Waals surface area (Å²) in [6.07, 6.45) is 1.82. The Morgan fingerprint density at radius 3 is 2.46 bits per heavy atom. The van der Waals surface area contributed by atoms with Crippen LogP contribution >= 0.6 is 23.2 Å². The maximum atomic E-state index is 12.5. The smallest absolute Gasteiger partial charge is 0.228 e. The van der Waals surface area contributed by atoms with E-state index >= 15 is 0 Å². The maximum Gasteiger partial charge on any atom is 0.228 e. The predicted molar refractivity (Wildman–Crippen MR) is 104 cm³/mol. The molecule has 3 rings (SSSR count). The monoisotopic (exact) mass is 412 g/mol. The van der Waals surface area contributed by atoms with Gasteiger partial charge < -0.3 is 5.32 Å². The van der Waals surface area contributed by atoms with Crippen LogP contribution in [0.25, 0.3) is 0 Å². The molecule has 0 spiro atoms. The Labute approximate surface area is 163 Å². The quantitative estimate of drug-likeness (QED) is 0.835. The molecule has 8 heteroatoms. The summed E-state index contributed by atoms with van der Waals surface area (Å²) in [5.41, 5.74) is 3.14. The third-order valence-corrected chi connectivity index (χ3v) is 6.33. The fourth-order valence-electron chi connectivity index (χ4n) is 3.04. The first-order valence-corrected chi connectivity index (χ1v) is 10.6. The lowest BCUT2D eigenvalue weighted by Gasteiger charge is -2.28. The van der Waals surface area contributed by atoms with Gasteiger partial charge in [0.15, 0.2) is 0 Å².